The number of ether oxygens (including phenoxy) is 1. The standard InChI is InChI=1S/C19H27FN2O3/c20-17-5-3-4-16(12-17)6-7-18(23)22-10-11-25-15-19(24,14-22)13-21-8-1-2-9-21/h3-5,12,24H,1-2,6-11,13-15H2/t19-/m1/s1. The maximum absolute atomic E-state index is 13.2. The van der Waals surface area contributed by atoms with E-state index in [0.717, 1.165) is 31.5 Å². The number of hydrogen-bond acceptors (Lipinski definition) is 4. The second-order valence-electron chi connectivity index (χ2n) is 7.21. The lowest BCUT2D eigenvalue weighted by Gasteiger charge is -2.34. The summed E-state index contributed by atoms with van der Waals surface area (Å²) in [5.74, 6) is -0.303. The summed E-state index contributed by atoms with van der Waals surface area (Å²) in [5, 5.41) is 10.9. The molecule has 1 aromatic rings. The van der Waals surface area contributed by atoms with Gasteiger partial charge in [-0.25, -0.2) is 4.39 Å². The summed E-state index contributed by atoms with van der Waals surface area (Å²) >= 11 is 0. The summed E-state index contributed by atoms with van der Waals surface area (Å²) in [7, 11) is 0. The van der Waals surface area contributed by atoms with Crippen molar-refractivity contribution >= 4 is 5.91 Å². The third kappa shape index (κ3) is 5.23. The Morgan fingerprint density at radius 3 is 2.84 bits per heavy atom. The third-order valence-electron chi connectivity index (χ3n) is 4.95. The van der Waals surface area contributed by atoms with Crippen molar-refractivity contribution in [2.24, 2.45) is 0 Å². The number of benzene rings is 1. The van der Waals surface area contributed by atoms with Crippen LogP contribution in [0.1, 0.15) is 24.8 Å². The van der Waals surface area contributed by atoms with Gasteiger partial charge in [-0.1, -0.05) is 12.1 Å². The van der Waals surface area contributed by atoms with Crippen molar-refractivity contribution in [1.29, 1.82) is 0 Å². The summed E-state index contributed by atoms with van der Waals surface area (Å²) in [6, 6.07) is 6.34. The van der Waals surface area contributed by atoms with Gasteiger partial charge in [-0.2, -0.15) is 0 Å². The second kappa shape index (κ2) is 8.25. The lowest BCUT2D eigenvalue weighted by Crippen LogP contribution is -2.53. The molecule has 1 N–H and O–H groups in total. The molecule has 0 spiro atoms. The van der Waals surface area contributed by atoms with Crippen LogP contribution in [0, 0.1) is 5.82 Å². The number of aryl methyl sites for hydroxylation is 1. The molecule has 2 fully saturated rings. The van der Waals surface area contributed by atoms with Gasteiger partial charge in [0.2, 0.25) is 5.91 Å². The van der Waals surface area contributed by atoms with Crippen molar-refractivity contribution in [2.75, 3.05) is 45.9 Å². The Kier molecular flexibility index (Phi) is 6.04. The number of rotatable bonds is 5. The highest BCUT2D eigenvalue weighted by Crippen LogP contribution is 2.19. The Labute approximate surface area is 148 Å². The molecule has 3 rings (SSSR count). The molecule has 0 saturated carbocycles. The smallest absolute Gasteiger partial charge is 0.223 e. The molecule has 0 aromatic heterocycles. The van der Waals surface area contributed by atoms with E-state index in [1.807, 2.05) is 6.07 Å². The van der Waals surface area contributed by atoms with Crippen molar-refractivity contribution in [3.8, 4) is 0 Å². The first kappa shape index (κ1) is 18.3. The fourth-order valence-electron chi connectivity index (χ4n) is 3.68. The molecule has 25 heavy (non-hydrogen) atoms. The van der Waals surface area contributed by atoms with Crippen molar-refractivity contribution in [2.45, 2.75) is 31.3 Å². The van der Waals surface area contributed by atoms with Crippen molar-refractivity contribution in [3.05, 3.63) is 35.6 Å². The number of carbonyl (C=O) groups excluding carboxylic acids is 1. The Bertz CT molecular complexity index is 592. The first-order chi connectivity index (χ1) is 12.0. The monoisotopic (exact) mass is 350 g/mol. The molecule has 1 atom stereocenters. The van der Waals surface area contributed by atoms with Crippen LogP contribution in [0.25, 0.3) is 0 Å². The average molecular weight is 350 g/mol. The Hall–Kier alpha value is -1.50. The zero-order valence-corrected chi connectivity index (χ0v) is 14.6. The van der Waals surface area contributed by atoms with Crippen LogP contribution in [-0.4, -0.2) is 72.4 Å². The van der Waals surface area contributed by atoms with Crippen molar-refractivity contribution in [3.63, 3.8) is 0 Å². The van der Waals surface area contributed by atoms with Crippen LogP contribution in [0.5, 0.6) is 0 Å². The molecule has 1 aromatic carbocycles. The fraction of sp³-hybridized carbons (Fsp3) is 0.632. The van der Waals surface area contributed by atoms with E-state index in [1.54, 1.807) is 11.0 Å². The molecule has 1 amide bonds. The highest BCUT2D eigenvalue weighted by molar-refractivity contribution is 5.76. The Morgan fingerprint density at radius 1 is 1.28 bits per heavy atom. The molecule has 2 aliphatic heterocycles. The quantitative estimate of drug-likeness (QED) is 0.873. The number of halogens is 1. The molecule has 2 aliphatic rings. The first-order valence-electron chi connectivity index (χ1n) is 9.09. The molecule has 5 nitrogen and oxygen atoms in total. The molecule has 0 aliphatic carbocycles. The minimum atomic E-state index is -1.02. The van der Waals surface area contributed by atoms with Gasteiger partial charge < -0.3 is 19.6 Å². The minimum absolute atomic E-state index is 0.0189. The third-order valence-corrected chi connectivity index (χ3v) is 4.95. The molecule has 0 radical (unpaired) electrons. The van der Waals surface area contributed by atoms with Crippen LogP contribution in [0.2, 0.25) is 0 Å². The van der Waals surface area contributed by atoms with Gasteiger partial charge in [0.05, 0.1) is 19.8 Å². The van der Waals surface area contributed by atoms with Gasteiger partial charge in [-0.15, -0.1) is 0 Å². The molecule has 138 valence electrons. The zero-order valence-electron chi connectivity index (χ0n) is 14.6. The molecule has 0 bridgehead atoms. The normalized spacial score (nSPS) is 25.1. The lowest BCUT2D eigenvalue weighted by atomic mass is 10.0. The molecule has 0 unspecified atom stereocenters. The highest BCUT2D eigenvalue weighted by atomic mass is 19.1. The summed E-state index contributed by atoms with van der Waals surface area (Å²) in [6.07, 6.45) is 3.13. The largest absolute Gasteiger partial charge is 0.384 e. The summed E-state index contributed by atoms with van der Waals surface area (Å²) in [5.41, 5.74) is -0.207. The molecule has 2 heterocycles. The van der Waals surface area contributed by atoms with E-state index in [1.165, 1.54) is 12.1 Å². The van der Waals surface area contributed by atoms with Crippen LogP contribution in [0.15, 0.2) is 24.3 Å². The number of hydrogen-bond donors (Lipinski definition) is 1. The number of carbonyl (C=O) groups is 1. The maximum atomic E-state index is 13.2. The second-order valence-corrected chi connectivity index (χ2v) is 7.21. The number of β-amino-alcohol motifs (C(OH)–C–C–N with tert-alkyl or cyclic N) is 1. The minimum Gasteiger partial charge on any atom is -0.384 e. The maximum Gasteiger partial charge on any atom is 0.223 e. The van der Waals surface area contributed by atoms with Crippen LogP contribution >= 0.6 is 0 Å². The summed E-state index contributed by atoms with van der Waals surface area (Å²) in [4.78, 5) is 16.5. The summed E-state index contributed by atoms with van der Waals surface area (Å²) in [6.45, 7) is 4.02. The molecule has 2 saturated heterocycles. The zero-order chi connectivity index (χ0) is 17.7. The number of aliphatic hydroxyl groups is 1. The first-order valence-corrected chi connectivity index (χ1v) is 9.09. The van der Waals surface area contributed by atoms with Gasteiger partial charge >= 0.3 is 0 Å². The summed E-state index contributed by atoms with van der Waals surface area (Å²) < 4.78 is 18.8. The van der Waals surface area contributed by atoms with E-state index < -0.39 is 5.60 Å². The van der Waals surface area contributed by atoms with E-state index in [2.05, 4.69) is 4.90 Å². The predicted octanol–water partition coefficient (Wildman–Crippen LogP) is 1.44. The molecule has 6 heteroatoms. The Morgan fingerprint density at radius 2 is 2.08 bits per heavy atom. The van der Waals surface area contributed by atoms with Crippen LogP contribution in [0.3, 0.4) is 0 Å². The molecular formula is C19H27FN2O3. The van der Waals surface area contributed by atoms with Gasteiger partial charge in [-0.3, -0.25) is 4.79 Å². The Balaban J connectivity index is 1.56. The van der Waals surface area contributed by atoms with E-state index in [0.29, 0.717) is 39.1 Å². The predicted molar refractivity (Wildman–Crippen MR) is 92.7 cm³/mol. The van der Waals surface area contributed by atoms with Gasteiger partial charge in [-0.05, 0) is 50.0 Å². The van der Waals surface area contributed by atoms with E-state index in [-0.39, 0.29) is 18.3 Å². The van der Waals surface area contributed by atoms with E-state index in [4.69, 9.17) is 4.74 Å². The number of amides is 1. The van der Waals surface area contributed by atoms with Gasteiger partial charge in [0.15, 0.2) is 0 Å². The van der Waals surface area contributed by atoms with Crippen molar-refractivity contribution < 1.29 is 19.0 Å². The van der Waals surface area contributed by atoms with Gasteiger partial charge in [0.1, 0.15) is 11.4 Å². The highest BCUT2D eigenvalue weighted by Gasteiger charge is 2.36. The van der Waals surface area contributed by atoms with Gasteiger partial charge in [0.25, 0.3) is 0 Å². The van der Waals surface area contributed by atoms with Gasteiger partial charge in [0, 0.05) is 19.5 Å². The lowest BCUT2D eigenvalue weighted by molar-refractivity contribution is -0.134. The topological polar surface area (TPSA) is 53.0 Å². The van der Waals surface area contributed by atoms with E-state index in [9.17, 15) is 14.3 Å². The molecular weight excluding hydrogens is 323 g/mol. The number of likely N-dealkylation sites (tertiary alicyclic amines) is 1. The van der Waals surface area contributed by atoms with Crippen LogP contribution in [0.4, 0.5) is 4.39 Å². The van der Waals surface area contributed by atoms with Crippen LogP contribution < -0.4 is 0 Å². The average Bonchev–Trinajstić information content (AvgIpc) is 3.00. The van der Waals surface area contributed by atoms with Crippen LogP contribution in [-0.2, 0) is 16.0 Å². The SMILES string of the molecule is O=C(CCc1cccc(F)c1)N1CCOC[C@@](O)(CN2CCCC2)C1. The van der Waals surface area contributed by atoms with Crippen molar-refractivity contribution in [1.82, 2.24) is 9.80 Å². The van der Waals surface area contributed by atoms with E-state index >= 15 is 0 Å². The number of nitrogens with zero attached hydrogens (tertiary/aromatic N) is 2. The fourth-order valence-corrected chi connectivity index (χ4v) is 3.68.